The Morgan fingerprint density at radius 2 is 2.14 bits per heavy atom. The van der Waals surface area contributed by atoms with E-state index in [0.29, 0.717) is 35.6 Å². The molecule has 2 aromatic rings. The van der Waals surface area contributed by atoms with E-state index in [-0.39, 0.29) is 23.8 Å². The van der Waals surface area contributed by atoms with Gasteiger partial charge in [0.15, 0.2) is 11.0 Å². The third kappa shape index (κ3) is 4.16. The van der Waals surface area contributed by atoms with Crippen molar-refractivity contribution in [1.82, 2.24) is 25.0 Å². The zero-order chi connectivity index (χ0) is 19.5. The average molecular weight is 422 g/mol. The number of thioether (sulfide) groups is 1. The summed E-state index contributed by atoms with van der Waals surface area (Å²) in [5, 5.41) is 12.5. The van der Waals surface area contributed by atoms with Gasteiger partial charge in [-0.05, 0) is 37.1 Å². The predicted molar refractivity (Wildman–Crippen MR) is 105 cm³/mol. The van der Waals surface area contributed by atoms with Gasteiger partial charge in [-0.3, -0.25) is 14.3 Å². The highest BCUT2D eigenvalue weighted by atomic mass is 35.5. The summed E-state index contributed by atoms with van der Waals surface area (Å²) in [7, 11) is 0. The fourth-order valence-corrected chi connectivity index (χ4v) is 4.23. The lowest BCUT2D eigenvalue weighted by molar-refractivity contribution is -0.124. The van der Waals surface area contributed by atoms with Crippen molar-refractivity contribution < 1.29 is 14.3 Å². The quantitative estimate of drug-likeness (QED) is 0.720. The van der Waals surface area contributed by atoms with Crippen LogP contribution in [0.4, 0.5) is 4.79 Å². The SMILES string of the molecule is O=C(CSc1nnc(-c2ccc(Cl)cc2)n1C[C@@H]1CCCO1)N1CCNC1=O. The van der Waals surface area contributed by atoms with E-state index in [9.17, 15) is 9.59 Å². The number of nitrogens with zero attached hydrogens (tertiary/aromatic N) is 4. The number of hydrogen-bond donors (Lipinski definition) is 1. The second-order valence-electron chi connectivity index (χ2n) is 6.62. The summed E-state index contributed by atoms with van der Waals surface area (Å²) in [5.41, 5.74) is 0.895. The molecule has 4 rings (SSSR count). The minimum absolute atomic E-state index is 0.0986. The number of rotatable bonds is 6. The fraction of sp³-hybridized carbons (Fsp3) is 0.444. The van der Waals surface area contributed by atoms with Crippen molar-refractivity contribution in [2.75, 3.05) is 25.4 Å². The molecule has 0 spiro atoms. The Bertz CT molecular complexity index is 867. The van der Waals surface area contributed by atoms with E-state index in [2.05, 4.69) is 15.5 Å². The van der Waals surface area contributed by atoms with Gasteiger partial charge in [0, 0.05) is 30.3 Å². The van der Waals surface area contributed by atoms with Crippen LogP contribution in [0.2, 0.25) is 5.02 Å². The molecule has 0 saturated carbocycles. The molecule has 0 aliphatic carbocycles. The first-order valence-electron chi connectivity index (χ1n) is 9.13. The van der Waals surface area contributed by atoms with Gasteiger partial charge in [-0.15, -0.1) is 10.2 Å². The minimum Gasteiger partial charge on any atom is -0.376 e. The van der Waals surface area contributed by atoms with Crippen LogP contribution in [0.3, 0.4) is 0 Å². The molecule has 28 heavy (non-hydrogen) atoms. The number of amides is 3. The van der Waals surface area contributed by atoms with E-state index < -0.39 is 0 Å². The molecule has 0 bridgehead atoms. The van der Waals surface area contributed by atoms with Gasteiger partial charge in [0.05, 0.1) is 18.4 Å². The number of carbonyl (C=O) groups is 2. The van der Waals surface area contributed by atoms with E-state index in [0.717, 1.165) is 25.0 Å². The number of ether oxygens (including phenoxy) is 1. The predicted octanol–water partition coefficient (Wildman–Crippen LogP) is 2.42. The lowest BCUT2D eigenvalue weighted by atomic mass is 10.2. The molecular weight excluding hydrogens is 402 g/mol. The van der Waals surface area contributed by atoms with Crippen LogP contribution in [0.1, 0.15) is 12.8 Å². The van der Waals surface area contributed by atoms with Crippen LogP contribution < -0.4 is 5.32 Å². The molecule has 1 N–H and O–H groups in total. The third-order valence-electron chi connectivity index (χ3n) is 4.71. The maximum absolute atomic E-state index is 12.3. The van der Waals surface area contributed by atoms with E-state index in [1.807, 2.05) is 28.8 Å². The normalized spacial score (nSPS) is 19.2. The van der Waals surface area contributed by atoms with E-state index >= 15 is 0 Å². The Kier molecular flexibility index (Phi) is 5.84. The molecule has 2 aliphatic rings. The van der Waals surface area contributed by atoms with Crippen molar-refractivity contribution in [1.29, 1.82) is 0 Å². The lowest BCUT2D eigenvalue weighted by Crippen LogP contribution is -2.35. The maximum atomic E-state index is 12.3. The van der Waals surface area contributed by atoms with Crippen molar-refractivity contribution >= 4 is 35.3 Å². The molecule has 2 aliphatic heterocycles. The molecule has 3 heterocycles. The van der Waals surface area contributed by atoms with Crippen LogP contribution in [-0.4, -0.2) is 63.2 Å². The summed E-state index contributed by atoms with van der Waals surface area (Å²) in [5.74, 6) is 0.596. The van der Waals surface area contributed by atoms with Crippen LogP contribution in [0.15, 0.2) is 29.4 Å². The Labute approximate surface area is 171 Å². The highest BCUT2D eigenvalue weighted by Gasteiger charge is 2.27. The number of hydrogen-bond acceptors (Lipinski definition) is 6. The van der Waals surface area contributed by atoms with Gasteiger partial charge in [-0.25, -0.2) is 4.79 Å². The van der Waals surface area contributed by atoms with Crippen LogP contribution in [0.25, 0.3) is 11.4 Å². The monoisotopic (exact) mass is 421 g/mol. The van der Waals surface area contributed by atoms with Crippen LogP contribution >= 0.6 is 23.4 Å². The van der Waals surface area contributed by atoms with Crippen molar-refractivity contribution in [2.24, 2.45) is 0 Å². The molecule has 3 amide bonds. The molecule has 1 atom stereocenters. The number of urea groups is 1. The number of aromatic nitrogens is 3. The smallest absolute Gasteiger partial charge is 0.324 e. The largest absolute Gasteiger partial charge is 0.376 e. The van der Waals surface area contributed by atoms with Crippen LogP contribution in [-0.2, 0) is 16.1 Å². The standard InChI is InChI=1S/C18H20ClN5O3S/c19-13-5-3-12(4-6-13)16-21-22-18(24(16)10-14-2-1-9-27-14)28-11-15(25)23-8-7-20-17(23)26/h3-6,14H,1-2,7-11H2,(H,20,26)/t14-/m0/s1. The first-order chi connectivity index (χ1) is 13.6. The molecule has 2 saturated heterocycles. The van der Waals surface area contributed by atoms with Crippen molar-refractivity contribution in [3.8, 4) is 11.4 Å². The molecule has 0 radical (unpaired) electrons. The Balaban J connectivity index is 1.54. The topological polar surface area (TPSA) is 89.3 Å². The van der Waals surface area contributed by atoms with Gasteiger partial charge >= 0.3 is 6.03 Å². The first-order valence-corrected chi connectivity index (χ1v) is 10.5. The second kappa shape index (κ2) is 8.50. The van der Waals surface area contributed by atoms with Crippen molar-refractivity contribution in [2.45, 2.75) is 30.6 Å². The van der Waals surface area contributed by atoms with E-state index in [1.54, 1.807) is 0 Å². The van der Waals surface area contributed by atoms with Gasteiger partial charge < -0.3 is 10.1 Å². The average Bonchev–Trinajstić information content (AvgIpc) is 3.43. The summed E-state index contributed by atoms with van der Waals surface area (Å²) in [6.45, 7) is 2.27. The number of nitrogens with one attached hydrogen (secondary N) is 1. The molecule has 8 nitrogen and oxygen atoms in total. The van der Waals surface area contributed by atoms with Gasteiger partial charge in [-0.2, -0.15) is 0 Å². The molecule has 2 fully saturated rings. The maximum Gasteiger partial charge on any atom is 0.324 e. The molecule has 148 valence electrons. The summed E-state index contributed by atoms with van der Waals surface area (Å²) in [6.07, 6.45) is 2.12. The third-order valence-corrected chi connectivity index (χ3v) is 5.92. The molecular formula is C18H20ClN5O3S. The number of benzene rings is 1. The summed E-state index contributed by atoms with van der Waals surface area (Å²) in [4.78, 5) is 25.2. The van der Waals surface area contributed by atoms with Crippen molar-refractivity contribution in [3.05, 3.63) is 29.3 Å². The highest BCUT2D eigenvalue weighted by molar-refractivity contribution is 7.99. The summed E-state index contributed by atoms with van der Waals surface area (Å²) in [6, 6.07) is 7.07. The lowest BCUT2D eigenvalue weighted by Gasteiger charge is -2.15. The Morgan fingerprint density at radius 1 is 1.32 bits per heavy atom. The molecule has 10 heteroatoms. The second-order valence-corrected chi connectivity index (χ2v) is 8.00. The highest BCUT2D eigenvalue weighted by Crippen LogP contribution is 2.27. The van der Waals surface area contributed by atoms with Crippen LogP contribution in [0.5, 0.6) is 0 Å². The zero-order valence-electron chi connectivity index (χ0n) is 15.1. The minimum atomic E-state index is -0.340. The number of imide groups is 1. The van der Waals surface area contributed by atoms with E-state index in [4.69, 9.17) is 16.3 Å². The van der Waals surface area contributed by atoms with E-state index in [1.165, 1.54) is 16.7 Å². The molecule has 1 aromatic heterocycles. The fourth-order valence-electron chi connectivity index (χ4n) is 3.28. The molecule has 1 aromatic carbocycles. The first kappa shape index (κ1) is 19.2. The Morgan fingerprint density at radius 3 is 2.82 bits per heavy atom. The van der Waals surface area contributed by atoms with Crippen LogP contribution in [0, 0.1) is 0 Å². The number of halogens is 1. The van der Waals surface area contributed by atoms with Gasteiger partial charge in [0.2, 0.25) is 5.91 Å². The number of carbonyl (C=O) groups excluding carboxylic acids is 2. The van der Waals surface area contributed by atoms with Gasteiger partial charge in [0.1, 0.15) is 0 Å². The molecule has 0 unspecified atom stereocenters. The summed E-state index contributed by atoms with van der Waals surface area (Å²) < 4.78 is 7.76. The zero-order valence-corrected chi connectivity index (χ0v) is 16.7. The Hall–Kier alpha value is -2.10. The van der Waals surface area contributed by atoms with Gasteiger partial charge in [0.25, 0.3) is 0 Å². The van der Waals surface area contributed by atoms with Gasteiger partial charge in [-0.1, -0.05) is 23.4 Å². The van der Waals surface area contributed by atoms with Crippen molar-refractivity contribution in [3.63, 3.8) is 0 Å². The summed E-state index contributed by atoms with van der Waals surface area (Å²) >= 11 is 7.28.